The quantitative estimate of drug-likeness (QED) is 0.383. The van der Waals surface area contributed by atoms with Crippen molar-refractivity contribution < 1.29 is 55.4 Å². The van der Waals surface area contributed by atoms with Crippen LogP contribution in [0.1, 0.15) is 27.7 Å². The van der Waals surface area contributed by atoms with Gasteiger partial charge in [-0.15, -0.1) is 22.9 Å². The van der Waals surface area contributed by atoms with Gasteiger partial charge in [0.1, 0.15) is 5.75 Å². The van der Waals surface area contributed by atoms with E-state index < -0.39 is 23.5 Å². The molecule has 1 aliphatic heterocycles. The smallest absolute Gasteiger partial charge is 1.00 e. The van der Waals surface area contributed by atoms with Crippen LogP contribution in [-0.4, -0.2) is 29.0 Å². The first-order valence-electron chi connectivity index (χ1n) is 9.96. The molecule has 2 aromatic rings. The van der Waals surface area contributed by atoms with Crippen LogP contribution in [0.2, 0.25) is 45.3 Å². The predicted octanol–water partition coefficient (Wildman–Crippen LogP) is -0.699. The van der Waals surface area contributed by atoms with Gasteiger partial charge in [-0.1, -0.05) is 38.7 Å². The molecule has 1 aliphatic rings. The first-order valence-corrected chi connectivity index (χ1v) is 20.1. The SMILES string of the molecule is CC[Si](C)(C)[Si]1(C)c2[cH-]c3ccc(O[Si](C)(C)C)c(NC(C)(C)C)c3c21.[Cl-].[Cl-].[Zr+3]. The fraction of sp³-hybridized carbons (Fsp3) is 0.571. The Morgan fingerprint density at radius 2 is 1.62 bits per heavy atom. The minimum atomic E-state index is -1.67. The van der Waals surface area contributed by atoms with Gasteiger partial charge in [-0.05, 0) is 40.4 Å². The van der Waals surface area contributed by atoms with Gasteiger partial charge in [0.05, 0.1) is 0 Å². The molecule has 1 heterocycles. The Bertz CT molecular complexity index is 871. The molecule has 0 saturated carbocycles. The standard InChI is InChI=1S/C21H36NOSi3.2ClH.Zr/c1-11-25(8,9)26(10)17-14-15-12-13-16(23-24(5,6)7)19(18(15)20(17)26)22-21(2,3)4;;;/h12-14,22H,11H2,1-10H3;2*1H;/q-1;;;+3/p-2. The summed E-state index contributed by atoms with van der Waals surface area (Å²) in [5.74, 6) is 1.05. The van der Waals surface area contributed by atoms with E-state index in [0.29, 0.717) is 0 Å². The first-order chi connectivity index (χ1) is 11.7. The first kappa shape index (κ1) is 29.5. The van der Waals surface area contributed by atoms with E-state index in [2.05, 4.69) is 90.5 Å². The van der Waals surface area contributed by atoms with Gasteiger partial charge in [0.25, 0.3) is 0 Å². The van der Waals surface area contributed by atoms with Crippen molar-refractivity contribution in [2.75, 3.05) is 5.32 Å². The van der Waals surface area contributed by atoms with Crippen molar-refractivity contribution in [3.63, 3.8) is 0 Å². The van der Waals surface area contributed by atoms with Gasteiger partial charge in [-0.25, -0.2) is 0 Å². The van der Waals surface area contributed by atoms with Crippen LogP contribution in [0.25, 0.3) is 10.8 Å². The number of fused-ring (bicyclic) bond motifs is 3. The van der Waals surface area contributed by atoms with E-state index >= 15 is 0 Å². The molecule has 3 rings (SSSR count). The summed E-state index contributed by atoms with van der Waals surface area (Å²) in [5.41, 5.74) is 1.26. The number of rotatable bonds is 5. The van der Waals surface area contributed by atoms with E-state index in [4.69, 9.17) is 4.43 Å². The summed E-state index contributed by atoms with van der Waals surface area (Å²) in [5, 5.41) is 10.2. The Hall–Kier alpha value is 0.544. The van der Waals surface area contributed by atoms with Crippen LogP contribution in [0.5, 0.6) is 5.75 Å². The summed E-state index contributed by atoms with van der Waals surface area (Å²) in [4.78, 5) is 0. The number of hydrogen-bond donors (Lipinski definition) is 1. The Balaban J connectivity index is 0.00000261. The Kier molecular flexibility index (Phi) is 9.36. The van der Waals surface area contributed by atoms with Crippen LogP contribution in [0.4, 0.5) is 5.69 Å². The largest absolute Gasteiger partial charge is 3.00 e. The van der Waals surface area contributed by atoms with Crippen molar-refractivity contribution in [2.45, 2.75) is 78.6 Å². The van der Waals surface area contributed by atoms with Crippen molar-refractivity contribution >= 4 is 50.3 Å². The molecule has 0 bridgehead atoms. The van der Waals surface area contributed by atoms with Gasteiger partial charge in [-0.2, -0.15) is 10.4 Å². The van der Waals surface area contributed by atoms with Crippen LogP contribution in [0.3, 0.4) is 0 Å². The number of hydrogen-bond acceptors (Lipinski definition) is 2. The fourth-order valence-electron chi connectivity index (χ4n) is 4.12. The maximum Gasteiger partial charge on any atom is 3.00 e. The third kappa shape index (κ3) is 5.31. The molecule has 161 valence electrons. The third-order valence-electron chi connectivity index (χ3n) is 6.15. The van der Waals surface area contributed by atoms with E-state index in [1.165, 1.54) is 22.5 Å². The molecule has 1 atom stereocenters. The van der Waals surface area contributed by atoms with Crippen LogP contribution in [0, 0.1) is 0 Å². The summed E-state index contributed by atoms with van der Waals surface area (Å²) >= 11 is 0. The molecule has 2 nitrogen and oxygen atoms in total. The van der Waals surface area contributed by atoms with E-state index in [0.717, 1.165) is 5.75 Å². The van der Waals surface area contributed by atoms with Crippen molar-refractivity contribution in [2.24, 2.45) is 0 Å². The summed E-state index contributed by atoms with van der Waals surface area (Å²) in [6.45, 7) is 23.8. The third-order valence-corrected chi connectivity index (χ3v) is 24.9. The van der Waals surface area contributed by atoms with Gasteiger partial charge < -0.3 is 34.6 Å². The van der Waals surface area contributed by atoms with Gasteiger partial charge in [-0.3, -0.25) is 0 Å². The van der Waals surface area contributed by atoms with Crippen molar-refractivity contribution in [1.29, 1.82) is 0 Å². The van der Waals surface area contributed by atoms with Crippen molar-refractivity contribution in [3.8, 4) is 5.75 Å². The van der Waals surface area contributed by atoms with Gasteiger partial charge in [0.15, 0.2) is 0 Å². The minimum Gasteiger partial charge on any atom is -1.00 e. The number of anilines is 1. The summed E-state index contributed by atoms with van der Waals surface area (Å²) in [7, 11) is -4.26. The molecule has 0 fully saturated rings. The van der Waals surface area contributed by atoms with E-state index in [1.807, 2.05) is 0 Å². The molecule has 0 aromatic heterocycles. The maximum absolute atomic E-state index is 6.52. The summed E-state index contributed by atoms with van der Waals surface area (Å²) in [6.07, 6.45) is 0. The monoisotopic (exact) mass is 562 g/mol. The maximum atomic E-state index is 6.52. The topological polar surface area (TPSA) is 21.3 Å². The molecule has 1 radical (unpaired) electrons. The molecule has 0 aliphatic carbocycles. The molecular formula is C21H36Cl2NOSi3Zr. The molecule has 8 heteroatoms. The number of halogens is 2. The summed E-state index contributed by atoms with van der Waals surface area (Å²) < 4.78 is 6.52. The average molecular weight is 565 g/mol. The zero-order valence-corrected chi connectivity index (χ0v) is 26.6. The van der Waals surface area contributed by atoms with Gasteiger partial charge >= 0.3 is 26.2 Å². The summed E-state index contributed by atoms with van der Waals surface area (Å²) in [6, 6.07) is 8.35. The molecule has 0 saturated heterocycles. The van der Waals surface area contributed by atoms with E-state index in [-0.39, 0.29) is 56.6 Å². The molecule has 1 N–H and O–H groups in total. The molecule has 29 heavy (non-hydrogen) atoms. The zero-order chi connectivity index (χ0) is 19.7. The van der Waals surface area contributed by atoms with E-state index in [9.17, 15) is 0 Å². The van der Waals surface area contributed by atoms with Gasteiger partial charge in [0.2, 0.25) is 8.32 Å². The second-order valence-electron chi connectivity index (χ2n) is 10.8. The average Bonchev–Trinajstić information content (AvgIpc) is 2.89. The van der Waals surface area contributed by atoms with Crippen LogP contribution in [0.15, 0.2) is 18.2 Å². The fourth-order valence-corrected chi connectivity index (χ4v) is 17.7. The Morgan fingerprint density at radius 3 is 2.07 bits per heavy atom. The molecule has 2 aromatic carbocycles. The van der Waals surface area contributed by atoms with Crippen molar-refractivity contribution in [3.05, 3.63) is 18.2 Å². The van der Waals surface area contributed by atoms with Gasteiger partial charge in [0, 0.05) is 26.4 Å². The molecular weight excluding hydrogens is 529 g/mol. The van der Waals surface area contributed by atoms with Crippen molar-refractivity contribution in [1.82, 2.24) is 0 Å². The number of nitrogens with one attached hydrogen (secondary N) is 1. The van der Waals surface area contributed by atoms with Crippen LogP contribution >= 0.6 is 0 Å². The second-order valence-corrected chi connectivity index (χ2v) is 30.0. The second kappa shape index (κ2) is 9.19. The zero-order valence-electron chi connectivity index (χ0n) is 19.6. The normalized spacial score (nSPS) is 18.1. The molecule has 0 amide bonds. The molecule has 1 unspecified atom stereocenters. The Morgan fingerprint density at radius 1 is 1.07 bits per heavy atom. The van der Waals surface area contributed by atoms with Crippen LogP contribution in [-0.2, 0) is 26.2 Å². The molecule has 0 spiro atoms. The van der Waals surface area contributed by atoms with Crippen LogP contribution < -0.4 is 44.9 Å². The minimum absolute atomic E-state index is 0. The predicted molar refractivity (Wildman–Crippen MR) is 126 cm³/mol. The van der Waals surface area contributed by atoms with E-state index in [1.54, 1.807) is 10.4 Å². The Labute approximate surface area is 212 Å². The number of benzene rings is 1.